The number of rotatable bonds is 9. The van der Waals surface area contributed by atoms with E-state index >= 15 is 0 Å². The number of nitrogens with zero attached hydrogens (tertiary/aromatic N) is 3. The van der Waals surface area contributed by atoms with E-state index in [1.54, 1.807) is 7.11 Å². The highest BCUT2D eigenvalue weighted by Crippen LogP contribution is 2.27. The van der Waals surface area contributed by atoms with Gasteiger partial charge < -0.3 is 15.0 Å². The SMILES string of the molecule is COc1ccc(N2CCN(CC[C@H]3CC[C@H](NC(=O)CCCC#N)CC3)CC2)cc1. The van der Waals surface area contributed by atoms with Gasteiger partial charge in [-0.3, -0.25) is 9.69 Å². The van der Waals surface area contributed by atoms with Gasteiger partial charge in [-0.15, -0.1) is 0 Å². The van der Waals surface area contributed by atoms with Crippen LogP contribution in [0.2, 0.25) is 0 Å². The van der Waals surface area contributed by atoms with E-state index in [9.17, 15) is 4.79 Å². The summed E-state index contributed by atoms with van der Waals surface area (Å²) in [5.41, 5.74) is 1.28. The van der Waals surface area contributed by atoms with Crippen molar-refractivity contribution in [2.75, 3.05) is 44.7 Å². The third-order valence-electron chi connectivity index (χ3n) is 6.57. The molecule has 2 fully saturated rings. The molecule has 1 aliphatic carbocycles. The van der Waals surface area contributed by atoms with Gasteiger partial charge in [0.1, 0.15) is 5.75 Å². The summed E-state index contributed by atoms with van der Waals surface area (Å²) in [6.07, 6.45) is 7.52. The maximum atomic E-state index is 11.9. The number of unbranched alkanes of at least 4 members (excludes halogenated alkanes) is 1. The lowest BCUT2D eigenvalue weighted by atomic mass is 9.84. The lowest BCUT2D eigenvalue weighted by molar-refractivity contribution is -0.122. The van der Waals surface area contributed by atoms with Gasteiger partial charge >= 0.3 is 0 Å². The highest BCUT2D eigenvalue weighted by molar-refractivity contribution is 5.76. The molecule has 2 aliphatic rings. The van der Waals surface area contributed by atoms with Crippen LogP contribution in [0.5, 0.6) is 5.75 Å². The summed E-state index contributed by atoms with van der Waals surface area (Å²) in [6.45, 7) is 5.60. The highest BCUT2D eigenvalue weighted by Gasteiger charge is 2.24. The zero-order valence-corrected chi connectivity index (χ0v) is 18.3. The zero-order chi connectivity index (χ0) is 21.2. The molecule has 164 valence electrons. The van der Waals surface area contributed by atoms with Crippen LogP contribution in [0.3, 0.4) is 0 Å². The van der Waals surface area contributed by atoms with E-state index < -0.39 is 0 Å². The maximum Gasteiger partial charge on any atom is 0.220 e. The molecule has 1 N–H and O–H groups in total. The summed E-state index contributed by atoms with van der Waals surface area (Å²) < 4.78 is 5.25. The molecule has 1 aromatic carbocycles. The molecule has 1 saturated carbocycles. The Hall–Kier alpha value is -2.26. The van der Waals surface area contributed by atoms with Gasteiger partial charge in [0.15, 0.2) is 0 Å². The first-order chi connectivity index (χ1) is 14.7. The molecular formula is C24H36N4O2. The molecular weight excluding hydrogens is 376 g/mol. The van der Waals surface area contributed by atoms with Crippen LogP contribution >= 0.6 is 0 Å². The second-order valence-corrected chi connectivity index (χ2v) is 8.61. The first-order valence-electron chi connectivity index (χ1n) is 11.5. The van der Waals surface area contributed by atoms with Crippen molar-refractivity contribution in [1.82, 2.24) is 10.2 Å². The van der Waals surface area contributed by atoms with Crippen LogP contribution in [0, 0.1) is 17.2 Å². The van der Waals surface area contributed by atoms with E-state index in [-0.39, 0.29) is 5.91 Å². The standard InChI is InChI=1S/C24H36N4O2/c1-30-23-11-9-22(10-12-23)28-18-16-27(17-19-28)15-13-20-5-7-21(8-6-20)26-24(29)4-2-3-14-25/h9-12,20-21H,2-8,13,15-19H2,1H3,(H,26,29)/t20-,21-. The first kappa shape index (κ1) is 22.4. The number of methoxy groups -OCH3 is 1. The average Bonchev–Trinajstić information content (AvgIpc) is 2.79. The summed E-state index contributed by atoms with van der Waals surface area (Å²) in [4.78, 5) is 17.0. The number of carbonyl (C=O) groups is 1. The van der Waals surface area contributed by atoms with Gasteiger partial charge in [-0.2, -0.15) is 5.26 Å². The fourth-order valence-corrected chi connectivity index (χ4v) is 4.61. The van der Waals surface area contributed by atoms with E-state index in [1.807, 2.05) is 12.1 Å². The van der Waals surface area contributed by atoms with E-state index in [0.29, 0.717) is 25.3 Å². The fraction of sp³-hybridized carbons (Fsp3) is 0.667. The average molecular weight is 413 g/mol. The largest absolute Gasteiger partial charge is 0.497 e. The molecule has 6 nitrogen and oxygen atoms in total. The molecule has 1 amide bonds. The predicted octanol–water partition coefficient (Wildman–Crippen LogP) is 3.58. The van der Waals surface area contributed by atoms with Crippen LogP contribution in [0.1, 0.15) is 51.4 Å². The Bertz CT molecular complexity index is 684. The van der Waals surface area contributed by atoms with Crippen molar-refractivity contribution < 1.29 is 9.53 Å². The quantitative estimate of drug-likeness (QED) is 0.628. The molecule has 1 aromatic rings. The van der Waals surface area contributed by atoms with Crippen molar-refractivity contribution in [2.45, 2.75) is 57.4 Å². The smallest absolute Gasteiger partial charge is 0.220 e. The first-order valence-corrected chi connectivity index (χ1v) is 11.5. The second kappa shape index (κ2) is 11.8. The predicted molar refractivity (Wildman–Crippen MR) is 120 cm³/mol. The lowest BCUT2D eigenvalue weighted by Crippen LogP contribution is -2.47. The molecule has 1 aliphatic heterocycles. The summed E-state index contributed by atoms with van der Waals surface area (Å²) in [5, 5.41) is 11.7. The zero-order valence-electron chi connectivity index (χ0n) is 18.3. The van der Waals surface area contributed by atoms with Crippen molar-refractivity contribution >= 4 is 11.6 Å². The summed E-state index contributed by atoms with van der Waals surface area (Å²) in [6, 6.07) is 10.8. The number of hydrogen-bond acceptors (Lipinski definition) is 5. The van der Waals surface area contributed by atoms with E-state index in [1.165, 1.54) is 31.5 Å². The summed E-state index contributed by atoms with van der Waals surface area (Å²) in [5.74, 6) is 1.81. The van der Waals surface area contributed by atoms with Crippen LogP contribution in [-0.4, -0.2) is 56.7 Å². The maximum absolute atomic E-state index is 11.9. The Morgan fingerprint density at radius 3 is 2.47 bits per heavy atom. The van der Waals surface area contributed by atoms with Crippen molar-refractivity contribution in [2.24, 2.45) is 5.92 Å². The molecule has 30 heavy (non-hydrogen) atoms. The number of amides is 1. The number of benzene rings is 1. The van der Waals surface area contributed by atoms with Gasteiger partial charge in [0.2, 0.25) is 5.91 Å². The molecule has 1 heterocycles. The number of ether oxygens (including phenoxy) is 1. The van der Waals surface area contributed by atoms with Crippen LogP contribution in [0.4, 0.5) is 5.69 Å². The number of carbonyl (C=O) groups excluding carboxylic acids is 1. The third kappa shape index (κ3) is 6.91. The number of anilines is 1. The Kier molecular flexibility index (Phi) is 8.82. The van der Waals surface area contributed by atoms with Gasteiger partial charge in [-0.1, -0.05) is 0 Å². The minimum atomic E-state index is 0.114. The third-order valence-corrected chi connectivity index (χ3v) is 6.57. The number of piperazine rings is 1. The Morgan fingerprint density at radius 1 is 1.13 bits per heavy atom. The second-order valence-electron chi connectivity index (χ2n) is 8.61. The molecule has 0 bridgehead atoms. The number of nitriles is 1. The van der Waals surface area contributed by atoms with Crippen molar-refractivity contribution in [3.8, 4) is 11.8 Å². The van der Waals surface area contributed by atoms with Crippen molar-refractivity contribution in [3.63, 3.8) is 0 Å². The Labute approximate surface area is 181 Å². The fourth-order valence-electron chi connectivity index (χ4n) is 4.61. The minimum absolute atomic E-state index is 0.114. The molecule has 0 spiro atoms. The number of nitrogens with one attached hydrogen (secondary N) is 1. The van der Waals surface area contributed by atoms with Crippen molar-refractivity contribution in [1.29, 1.82) is 5.26 Å². The normalized spacial score (nSPS) is 22.3. The topological polar surface area (TPSA) is 68.6 Å². The highest BCUT2D eigenvalue weighted by atomic mass is 16.5. The molecule has 0 radical (unpaired) electrons. The molecule has 0 atom stereocenters. The van der Waals surface area contributed by atoms with E-state index in [4.69, 9.17) is 10.00 Å². The van der Waals surface area contributed by atoms with Crippen LogP contribution in [0.25, 0.3) is 0 Å². The van der Waals surface area contributed by atoms with Gasteiger partial charge in [-0.05, 0) is 75.3 Å². The van der Waals surface area contributed by atoms with Gasteiger partial charge in [0.05, 0.1) is 13.2 Å². The van der Waals surface area contributed by atoms with Gasteiger partial charge in [0, 0.05) is 50.7 Å². The minimum Gasteiger partial charge on any atom is -0.497 e. The number of hydrogen-bond donors (Lipinski definition) is 1. The van der Waals surface area contributed by atoms with Crippen molar-refractivity contribution in [3.05, 3.63) is 24.3 Å². The van der Waals surface area contributed by atoms with E-state index in [2.05, 4.69) is 33.3 Å². The molecule has 3 rings (SSSR count). The van der Waals surface area contributed by atoms with Gasteiger partial charge in [-0.25, -0.2) is 0 Å². The van der Waals surface area contributed by atoms with Crippen LogP contribution in [0.15, 0.2) is 24.3 Å². The monoisotopic (exact) mass is 412 g/mol. The van der Waals surface area contributed by atoms with Crippen LogP contribution < -0.4 is 15.0 Å². The molecule has 1 saturated heterocycles. The Morgan fingerprint density at radius 2 is 1.83 bits per heavy atom. The molecule has 0 unspecified atom stereocenters. The van der Waals surface area contributed by atoms with E-state index in [0.717, 1.165) is 50.7 Å². The van der Waals surface area contributed by atoms with Gasteiger partial charge in [0.25, 0.3) is 0 Å². The molecule has 0 aromatic heterocycles. The van der Waals surface area contributed by atoms with Crippen LogP contribution in [-0.2, 0) is 4.79 Å². The lowest BCUT2D eigenvalue weighted by Gasteiger charge is -2.37. The Balaban J connectivity index is 1.29. The molecule has 6 heteroatoms. The summed E-state index contributed by atoms with van der Waals surface area (Å²) >= 11 is 0. The summed E-state index contributed by atoms with van der Waals surface area (Å²) in [7, 11) is 1.70.